The van der Waals surface area contributed by atoms with Gasteiger partial charge in [-0.15, -0.1) is 24.0 Å². The Hall–Kier alpha value is -1.16. The molecule has 4 aliphatic rings. The second-order valence-corrected chi connectivity index (χ2v) is 9.29. The van der Waals surface area contributed by atoms with Gasteiger partial charge in [0.25, 0.3) is 0 Å². The van der Waals surface area contributed by atoms with Crippen molar-refractivity contribution in [1.29, 1.82) is 0 Å². The molecule has 4 unspecified atom stereocenters. The first kappa shape index (κ1) is 24.5. The molecule has 0 aromatic heterocycles. The Balaban J connectivity index is 0.00000272. The molecule has 31 heavy (non-hydrogen) atoms. The molecule has 4 atom stereocenters. The summed E-state index contributed by atoms with van der Waals surface area (Å²) in [6, 6.07) is 0.695. The Morgan fingerprint density at radius 3 is 2.35 bits per heavy atom. The summed E-state index contributed by atoms with van der Waals surface area (Å²) in [4.78, 5) is 34.2. The number of guanidine groups is 1. The van der Waals surface area contributed by atoms with Gasteiger partial charge in [0.1, 0.15) is 0 Å². The van der Waals surface area contributed by atoms with Crippen LogP contribution in [0, 0.1) is 23.7 Å². The molecule has 2 bridgehead atoms. The normalized spacial score (nSPS) is 30.2. The Bertz CT molecular complexity index is 676. The van der Waals surface area contributed by atoms with E-state index >= 15 is 0 Å². The van der Waals surface area contributed by atoms with E-state index in [9.17, 15) is 9.59 Å². The summed E-state index contributed by atoms with van der Waals surface area (Å²) < 4.78 is 0. The standard InChI is InChI=1S/C23H37N5O2.HI/c1-3-24-23(25-11-13-27(2)18-7-5-4-6-8-18)26-12-14-28-21(29)19-16-9-10-17(15-16)20(19)22(28)30;/h9-10,16-20H,3-8,11-15H2,1-2H3,(H2,24,25,26);1H. The van der Waals surface area contributed by atoms with Crippen LogP contribution in [0.1, 0.15) is 45.4 Å². The highest BCUT2D eigenvalue weighted by atomic mass is 127. The van der Waals surface area contributed by atoms with Crippen molar-refractivity contribution < 1.29 is 9.59 Å². The second kappa shape index (κ2) is 11.1. The molecule has 0 aromatic carbocycles. The third-order valence-corrected chi connectivity index (χ3v) is 7.45. The molecule has 0 spiro atoms. The summed E-state index contributed by atoms with van der Waals surface area (Å²) >= 11 is 0. The zero-order chi connectivity index (χ0) is 21.1. The molecule has 3 aliphatic carbocycles. The van der Waals surface area contributed by atoms with Crippen molar-refractivity contribution in [3.05, 3.63) is 12.2 Å². The number of nitrogens with zero attached hydrogens (tertiary/aromatic N) is 3. The van der Waals surface area contributed by atoms with Crippen LogP contribution in [0.5, 0.6) is 0 Å². The number of carbonyl (C=O) groups excluding carboxylic acids is 2. The number of nitrogens with one attached hydrogen (secondary N) is 2. The first-order valence-electron chi connectivity index (χ1n) is 11.9. The lowest BCUT2D eigenvalue weighted by atomic mass is 9.85. The minimum Gasteiger partial charge on any atom is -0.357 e. The van der Waals surface area contributed by atoms with Crippen LogP contribution in [-0.2, 0) is 9.59 Å². The molecule has 1 heterocycles. The fourth-order valence-electron chi connectivity index (χ4n) is 5.84. The van der Waals surface area contributed by atoms with E-state index in [1.54, 1.807) is 0 Å². The number of rotatable bonds is 8. The number of allylic oxidation sites excluding steroid dienone is 2. The zero-order valence-electron chi connectivity index (χ0n) is 18.9. The Labute approximate surface area is 203 Å². The number of amides is 2. The Morgan fingerprint density at radius 1 is 1.10 bits per heavy atom. The van der Waals surface area contributed by atoms with Crippen LogP contribution in [0.4, 0.5) is 0 Å². The highest BCUT2D eigenvalue weighted by Crippen LogP contribution is 2.52. The van der Waals surface area contributed by atoms with Crippen LogP contribution < -0.4 is 10.6 Å². The quantitative estimate of drug-likeness (QED) is 0.162. The minimum absolute atomic E-state index is 0. The fourth-order valence-corrected chi connectivity index (χ4v) is 5.84. The summed E-state index contributed by atoms with van der Waals surface area (Å²) in [5, 5.41) is 6.57. The van der Waals surface area contributed by atoms with Crippen molar-refractivity contribution >= 4 is 41.8 Å². The van der Waals surface area contributed by atoms with Gasteiger partial charge in [-0.25, -0.2) is 0 Å². The monoisotopic (exact) mass is 543 g/mol. The number of carbonyl (C=O) groups is 2. The summed E-state index contributed by atoms with van der Waals surface area (Å²) in [7, 11) is 2.20. The summed E-state index contributed by atoms with van der Waals surface area (Å²) in [6.45, 7) is 5.46. The molecule has 2 N–H and O–H groups in total. The van der Waals surface area contributed by atoms with Gasteiger partial charge in [0.15, 0.2) is 5.96 Å². The lowest BCUT2D eigenvalue weighted by molar-refractivity contribution is -0.140. The maximum atomic E-state index is 12.8. The van der Waals surface area contributed by atoms with Gasteiger partial charge in [-0.05, 0) is 45.1 Å². The van der Waals surface area contributed by atoms with Crippen LogP contribution in [0.25, 0.3) is 0 Å². The van der Waals surface area contributed by atoms with Gasteiger partial charge in [-0.2, -0.15) is 0 Å². The van der Waals surface area contributed by atoms with Gasteiger partial charge in [0.2, 0.25) is 11.8 Å². The van der Waals surface area contributed by atoms with E-state index in [1.807, 2.05) is 6.92 Å². The predicted molar refractivity (Wildman–Crippen MR) is 133 cm³/mol. The van der Waals surface area contributed by atoms with Crippen LogP contribution in [-0.4, -0.2) is 73.4 Å². The van der Waals surface area contributed by atoms with Crippen LogP contribution >= 0.6 is 24.0 Å². The van der Waals surface area contributed by atoms with Crippen molar-refractivity contribution in [3.8, 4) is 0 Å². The molecular weight excluding hydrogens is 505 g/mol. The molecule has 2 amide bonds. The van der Waals surface area contributed by atoms with Crippen LogP contribution in [0.2, 0.25) is 0 Å². The summed E-state index contributed by atoms with van der Waals surface area (Å²) in [6.07, 6.45) is 11.9. The first-order chi connectivity index (χ1) is 14.6. The third-order valence-electron chi connectivity index (χ3n) is 7.45. The number of likely N-dealkylation sites (N-methyl/N-ethyl adjacent to an activating group) is 1. The number of aliphatic imine (C=N–C) groups is 1. The number of halogens is 1. The van der Waals surface area contributed by atoms with Gasteiger partial charge in [0.05, 0.1) is 18.4 Å². The number of hydrogen-bond donors (Lipinski definition) is 2. The van der Waals surface area contributed by atoms with E-state index in [0.717, 1.165) is 32.0 Å². The maximum absolute atomic E-state index is 12.8. The SMILES string of the molecule is CCNC(=NCCN(C)C1CCCCC1)NCCN1C(=O)C2C3C=CC(C3)C2C1=O.I. The van der Waals surface area contributed by atoms with Crippen LogP contribution in [0.3, 0.4) is 0 Å². The first-order valence-corrected chi connectivity index (χ1v) is 11.9. The Morgan fingerprint density at radius 2 is 1.74 bits per heavy atom. The van der Waals surface area contributed by atoms with Gasteiger partial charge in [0, 0.05) is 32.2 Å². The number of likely N-dealkylation sites (tertiary alicyclic amines) is 1. The molecular formula is C23H38IN5O2. The van der Waals surface area contributed by atoms with Gasteiger partial charge < -0.3 is 15.5 Å². The van der Waals surface area contributed by atoms with Crippen molar-refractivity contribution in [2.24, 2.45) is 28.7 Å². The maximum Gasteiger partial charge on any atom is 0.233 e. The van der Waals surface area contributed by atoms with Gasteiger partial charge >= 0.3 is 0 Å². The van der Waals surface area contributed by atoms with E-state index in [1.165, 1.54) is 37.0 Å². The highest BCUT2D eigenvalue weighted by Gasteiger charge is 2.58. The molecule has 0 aromatic rings. The van der Waals surface area contributed by atoms with Crippen molar-refractivity contribution in [2.45, 2.75) is 51.5 Å². The van der Waals surface area contributed by atoms with E-state index in [2.05, 4.69) is 34.7 Å². The van der Waals surface area contributed by atoms with Crippen molar-refractivity contribution in [3.63, 3.8) is 0 Å². The molecule has 7 nitrogen and oxygen atoms in total. The minimum atomic E-state index is -0.107. The number of imide groups is 1. The molecule has 0 radical (unpaired) electrons. The van der Waals surface area contributed by atoms with Gasteiger partial charge in [-0.1, -0.05) is 31.4 Å². The van der Waals surface area contributed by atoms with E-state index in [0.29, 0.717) is 19.1 Å². The fraction of sp³-hybridized carbons (Fsp3) is 0.783. The van der Waals surface area contributed by atoms with E-state index in [-0.39, 0.29) is 59.5 Å². The predicted octanol–water partition coefficient (Wildman–Crippen LogP) is 2.23. The van der Waals surface area contributed by atoms with Crippen LogP contribution in [0.15, 0.2) is 17.1 Å². The van der Waals surface area contributed by atoms with E-state index < -0.39 is 0 Å². The van der Waals surface area contributed by atoms with Crippen molar-refractivity contribution in [1.82, 2.24) is 20.4 Å². The molecule has 8 heteroatoms. The lowest BCUT2D eigenvalue weighted by Crippen LogP contribution is -2.44. The topological polar surface area (TPSA) is 77.0 Å². The molecule has 2 saturated carbocycles. The highest BCUT2D eigenvalue weighted by molar-refractivity contribution is 14.0. The zero-order valence-corrected chi connectivity index (χ0v) is 21.2. The second-order valence-electron chi connectivity index (χ2n) is 9.29. The average Bonchev–Trinajstić information content (AvgIpc) is 3.44. The number of fused-ring (bicyclic) bond motifs is 5. The Kier molecular flexibility index (Phi) is 8.78. The summed E-state index contributed by atoms with van der Waals surface area (Å²) in [5.41, 5.74) is 0. The average molecular weight is 543 g/mol. The number of hydrogen-bond acceptors (Lipinski definition) is 4. The molecule has 4 rings (SSSR count). The lowest BCUT2D eigenvalue weighted by Gasteiger charge is -2.30. The molecule has 3 fully saturated rings. The molecule has 1 saturated heterocycles. The molecule has 1 aliphatic heterocycles. The van der Waals surface area contributed by atoms with Gasteiger partial charge in [-0.3, -0.25) is 19.5 Å². The third kappa shape index (κ3) is 5.26. The largest absolute Gasteiger partial charge is 0.357 e. The smallest absolute Gasteiger partial charge is 0.233 e. The molecule has 174 valence electrons. The summed E-state index contributed by atoms with van der Waals surface area (Å²) in [5.74, 6) is 1.15. The van der Waals surface area contributed by atoms with Crippen molar-refractivity contribution in [2.75, 3.05) is 39.8 Å². The van der Waals surface area contributed by atoms with E-state index in [4.69, 9.17) is 4.99 Å².